The van der Waals surface area contributed by atoms with Gasteiger partial charge in [-0.1, -0.05) is 37.1 Å². The van der Waals surface area contributed by atoms with Gasteiger partial charge in [0.25, 0.3) is 11.5 Å². The number of benzene rings is 3. The molecule has 1 aliphatic rings. The molecular formula is C30H30FN3O5. The van der Waals surface area contributed by atoms with Gasteiger partial charge in [-0.25, -0.2) is 9.18 Å². The maximum Gasteiger partial charge on any atom is 0.332 e. The average Bonchev–Trinajstić information content (AvgIpc) is 3.47. The third-order valence-corrected chi connectivity index (χ3v) is 7.23. The van der Waals surface area contributed by atoms with Crippen LogP contribution in [0.25, 0.3) is 10.9 Å². The lowest BCUT2D eigenvalue weighted by Gasteiger charge is -2.17. The molecule has 0 atom stereocenters. The first-order valence-corrected chi connectivity index (χ1v) is 12.9. The van der Waals surface area contributed by atoms with Gasteiger partial charge in [0.1, 0.15) is 5.82 Å². The number of ether oxygens (including phenoxy) is 2. The van der Waals surface area contributed by atoms with Crippen molar-refractivity contribution in [2.75, 3.05) is 14.2 Å². The maximum atomic E-state index is 13.7. The molecule has 1 saturated carbocycles. The molecule has 1 amide bonds. The van der Waals surface area contributed by atoms with Crippen LogP contribution >= 0.6 is 0 Å². The molecule has 1 fully saturated rings. The summed E-state index contributed by atoms with van der Waals surface area (Å²) >= 11 is 0. The molecule has 0 unspecified atom stereocenters. The summed E-state index contributed by atoms with van der Waals surface area (Å²) in [5.41, 5.74) is 1.29. The number of halogens is 1. The highest BCUT2D eigenvalue weighted by Crippen LogP contribution is 2.30. The first-order valence-electron chi connectivity index (χ1n) is 12.9. The van der Waals surface area contributed by atoms with E-state index in [9.17, 15) is 18.8 Å². The Bertz CT molecular complexity index is 1620. The van der Waals surface area contributed by atoms with Gasteiger partial charge in [-0.15, -0.1) is 0 Å². The molecule has 3 aromatic carbocycles. The van der Waals surface area contributed by atoms with Gasteiger partial charge in [-0.2, -0.15) is 0 Å². The quantitative estimate of drug-likeness (QED) is 0.370. The van der Waals surface area contributed by atoms with Crippen molar-refractivity contribution in [2.24, 2.45) is 0 Å². The number of nitrogens with one attached hydrogen (secondary N) is 1. The third kappa shape index (κ3) is 5.43. The summed E-state index contributed by atoms with van der Waals surface area (Å²) in [7, 11) is 2.95. The normalized spacial score (nSPS) is 13.5. The Labute approximate surface area is 224 Å². The predicted molar refractivity (Wildman–Crippen MR) is 146 cm³/mol. The van der Waals surface area contributed by atoms with Gasteiger partial charge in [0.2, 0.25) is 0 Å². The molecule has 0 radical (unpaired) electrons. The SMILES string of the molecule is COc1cc2c(=O)n(Cc3ccc(C(=O)NC4CCCC4)cc3)c(=O)n(Cc3ccc(F)cc3)c2cc1OC. The Balaban J connectivity index is 1.54. The van der Waals surface area contributed by atoms with Crippen molar-refractivity contribution in [3.63, 3.8) is 0 Å². The zero-order valence-corrected chi connectivity index (χ0v) is 21.9. The number of methoxy groups -OCH3 is 2. The van der Waals surface area contributed by atoms with E-state index in [0.29, 0.717) is 33.7 Å². The van der Waals surface area contributed by atoms with E-state index in [1.54, 1.807) is 48.5 Å². The Morgan fingerprint density at radius 1 is 0.872 bits per heavy atom. The fraction of sp³-hybridized carbons (Fsp3) is 0.300. The number of carbonyl (C=O) groups is 1. The van der Waals surface area contributed by atoms with E-state index < -0.39 is 11.2 Å². The van der Waals surface area contributed by atoms with Crippen LogP contribution in [0, 0.1) is 5.82 Å². The summed E-state index contributed by atoms with van der Waals surface area (Å²) in [6.07, 6.45) is 4.24. The summed E-state index contributed by atoms with van der Waals surface area (Å²) in [6, 6.07) is 16.1. The van der Waals surface area contributed by atoms with Crippen molar-refractivity contribution in [2.45, 2.75) is 44.8 Å². The molecule has 0 bridgehead atoms. The van der Waals surface area contributed by atoms with E-state index >= 15 is 0 Å². The van der Waals surface area contributed by atoms with Crippen LogP contribution in [-0.4, -0.2) is 35.3 Å². The molecular weight excluding hydrogens is 501 g/mol. The van der Waals surface area contributed by atoms with Crippen LogP contribution in [0.3, 0.4) is 0 Å². The van der Waals surface area contributed by atoms with E-state index in [0.717, 1.165) is 30.3 Å². The molecule has 0 aliphatic heterocycles. The summed E-state index contributed by atoms with van der Waals surface area (Å²) in [5.74, 6) is 0.228. The number of carbonyl (C=O) groups excluding carboxylic acids is 1. The maximum absolute atomic E-state index is 13.7. The van der Waals surface area contributed by atoms with E-state index in [1.165, 1.54) is 30.9 Å². The second kappa shape index (κ2) is 11.1. The van der Waals surface area contributed by atoms with Gasteiger partial charge < -0.3 is 14.8 Å². The highest BCUT2D eigenvalue weighted by Gasteiger charge is 2.19. The first-order chi connectivity index (χ1) is 18.9. The fourth-order valence-corrected chi connectivity index (χ4v) is 5.09. The zero-order valence-electron chi connectivity index (χ0n) is 21.9. The topological polar surface area (TPSA) is 91.6 Å². The van der Waals surface area contributed by atoms with Crippen LogP contribution in [0.15, 0.2) is 70.3 Å². The molecule has 0 spiro atoms. The number of hydrogen-bond donors (Lipinski definition) is 1. The van der Waals surface area contributed by atoms with Gasteiger partial charge in [0.15, 0.2) is 11.5 Å². The van der Waals surface area contributed by atoms with Gasteiger partial charge >= 0.3 is 5.69 Å². The molecule has 5 rings (SSSR count). The van der Waals surface area contributed by atoms with E-state index in [-0.39, 0.29) is 36.2 Å². The van der Waals surface area contributed by atoms with Gasteiger partial charge in [0.05, 0.1) is 38.2 Å². The smallest absolute Gasteiger partial charge is 0.332 e. The second-order valence-corrected chi connectivity index (χ2v) is 9.76. The number of nitrogens with zero attached hydrogens (tertiary/aromatic N) is 2. The second-order valence-electron chi connectivity index (χ2n) is 9.76. The summed E-state index contributed by atoms with van der Waals surface area (Å²) in [6.45, 7) is 0.127. The van der Waals surface area contributed by atoms with Gasteiger partial charge in [-0.05, 0) is 54.3 Å². The van der Waals surface area contributed by atoms with Gasteiger partial charge in [0, 0.05) is 17.7 Å². The molecule has 39 heavy (non-hydrogen) atoms. The Morgan fingerprint density at radius 2 is 1.44 bits per heavy atom. The molecule has 8 nitrogen and oxygen atoms in total. The number of fused-ring (bicyclic) bond motifs is 1. The van der Waals surface area contributed by atoms with E-state index in [1.807, 2.05) is 0 Å². The van der Waals surface area contributed by atoms with Gasteiger partial charge in [-0.3, -0.25) is 18.7 Å². The summed E-state index contributed by atoms with van der Waals surface area (Å²) in [5, 5.41) is 3.34. The monoisotopic (exact) mass is 531 g/mol. The largest absolute Gasteiger partial charge is 0.493 e. The van der Waals surface area contributed by atoms with Crippen molar-refractivity contribution in [3.05, 3.63) is 104 Å². The minimum absolute atomic E-state index is 0.00981. The zero-order chi connectivity index (χ0) is 27.5. The van der Waals surface area contributed by atoms with Crippen LogP contribution in [0.2, 0.25) is 0 Å². The van der Waals surface area contributed by atoms with Crippen LogP contribution in [0.4, 0.5) is 4.39 Å². The third-order valence-electron chi connectivity index (χ3n) is 7.23. The lowest BCUT2D eigenvalue weighted by Crippen LogP contribution is -2.40. The van der Waals surface area contributed by atoms with Crippen molar-refractivity contribution in [1.29, 1.82) is 0 Å². The molecule has 4 aromatic rings. The van der Waals surface area contributed by atoms with Crippen LogP contribution in [0.5, 0.6) is 11.5 Å². The Hall–Kier alpha value is -4.40. The van der Waals surface area contributed by atoms with E-state index in [2.05, 4.69) is 5.32 Å². The Kier molecular flexibility index (Phi) is 7.49. The number of rotatable bonds is 8. The lowest BCUT2D eigenvalue weighted by atomic mass is 10.1. The van der Waals surface area contributed by atoms with E-state index in [4.69, 9.17) is 9.47 Å². The highest BCUT2D eigenvalue weighted by molar-refractivity contribution is 5.94. The minimum atomic E-state index is -0.521. The minimum Gasteiger partial charge on any atom is -0.493 e. The fourth-order valence-electron chi connectivity index (χ4n) is 5.09. The predicted octanol–water partition coefficient (Wildman–Crippen LogP) is 4.09. The number of aromatic nitrogens is 2. The number of hydrogen-bond acceptors (Lipinski definition) is 5. The van der Waals surface area contributed by atoms with Crippen LogP contribution < -0.4 is 26.0 Å². The standard InChI is InChI=1S/C30H30FN3O5/c1-38-26-15-24-25(16-27(26)39-2)33(17-20-9-13-22(31)14-10-20)30(37)34(29(24)36)18-19-7-11-21(12-8-19)28(35)32-23-5-3-4-6-23/h7-16,23H,3-6,17-18H2,1-2H3,(H,32,35). The van der Waals surface area contributed by atoms with Crippen molar-refractivity contribution in [3.8, 4) is 11.5 Å². The first kappa shape index (κ1) is 26.2. The lowest BCUT2D eigenvalue weighted by molar-refractivity contribution is 0.0938. The van der Waals surface area contributed by atoms with Crippen LogP contribution in [-0.2, 0) is 13.1 Å². The number of amides is 1. The average molecular weight is 532 g/mol. The molecule has 202 valence electrons. The summed E-state index contributed by atoms with van der Waals surface area (Å²) in [4.78, 5) is 39.9. The Morgan fingerprint density at radius 3 is 2.05 bits per heavy atom. The molecule has 1 heterocycles. The van der Waals surface area contributed by atoms with Crippen molar-refractivity contribution >= 4 is 16.8 Å². The highest BCUT2D eigenvalue weighted by atomic mass is 19.1. The van der Waals surface area contributed by atoms with Crippen LogP contribution in [0.1, 0.15) is 47.2 Å². The van der Waals surface area contributed by atoms with Crippen molar-refractivity contribution in [1.82, 2.24) is 14.5 Å². The summed E-state index contributed by atoms with van der Waals surface area (Å²) < 4.78 is 26.9. The molecule has 1 aliphatic carbocycles. The molecule has 1 aromatic heterocycles. The molecule has 0 saturated heterocycles. The molecule has 1 N–H and O–H groups in total. The van der Waals surface area contributed by atoms with Crippen molar-refractivity contribution < 1.29 is 18.7 Å². The molecule has 9 heteroatoms.